The number of aromatic nitrogens is 2. The van der Waals surface area contributed by atoms with Gasteiger partial charge in [-0.1, -0.05) is 39.8 Å². The second kappa shape index (κ2) is 5.91. The van der Waals surface area contributed by atoms with Crippen LogP contribution in [0.3, 0.4) is 0 Å². The summed E-state index contributed by atoms with van der Waals surface area (Å²) in [6.45, 7) is 9.72. The van der Waals surface area contributed by atoms with Crippen molar-refractivity contribution in [1.82, 2.24) is 10.2 Å². The van der Waals surface area contributed by atoms with Crippen LogP contribution in [0, 0.1) is 0 Å². The first kappa shape index (κ1) is 13.7. The Balaban J connectivity index is 2.19. The van der Waals surface area contributed by atoms with Gasteiger partial charge in [-0.2, -0.15) is 5.10 Å². The number of nitrogens with one attached hydrogen (secondary N) is 2. The molecular formula is C16H23N3. The minimum Gasteiger partial charge on any atom is -0.379 e. The lowest BCUT2D eigenvalue weighted by Gasteiger charge is -2.17. The molecule has 2 rings (SSSR count). The second-order valence-electron chi connectivity index (χ2n) is 5.59. The van der Waals surface area contributed by atoms with Crippen LogP contribution in [0.5, 0.6) is 0 Å². The average Bonchev–Trinajstić information content (AvgIpc) is 2.89. The number of benzene rings is 1. The Morgan fingerprint density at radius 2 is 1.89 bits per heavy atom. The van der Waals surface area contributed by atoms with Crippen LogP contribution >= 0.6 is 0 Å². The lowest BCUT2D eigenvalue weighted by Crippen LogP contribution is -2.05. The fraction of sp³-hybridized carbons (Fsp3) is 0.438. The van der Waals surface area contributed by atoms with Crippen LogP contribution in [0.25, 0.3) is 0 Å². The van der Waals surface area contributed by atoms with E-state index in [4.69, 9.17) is 0 Å². The molecule has 0 aliphatic carbocycles. The van der Waals surface area contributed by atoms with Crippen LogP contribution in [-0.4, -0.2) is 10.2 Å². The molecule has 102 valence electrons. The Bertz CT molecular complexity index is 513. The van der Waals surface area contributed by atoms with E-state index in [-0.39, 0.29) is 0 Å². The zero-order valence-electron chi connectivity index (χ0n) is 12.2. The van der Waals surface area contributed by atoms with Gasteiger partial charge in [0.25, 0.3) is 0 Å². The smallest absolute Gasteiger partial charge is 0.0567 e. The molecule has 0 saturated carbocycles. The summed E-state index contributed by atoms with van der Waals surface area (Å²) in [7, 11) is 0. The Hall–Kier alpha value is -1.77. The number of H-pyrrole nitrogens is 1. The molecule has 0 saturated heterocycles. The number of hydrogen-bond donors (Lipinski definition) is 2. The molecule has 1 aromatic carbocycles. The van der Waals surface area contributed by atoms with Crippen molar-refractivity contribution in [2.75, 3.05) is 5.32 Å². The predicted octanol–water partition coefficient (Wildman–Crippen LogP) is 4.27. The van der Waals surface area contributed by atoms with Crippen molar-refractivity contribution >= 4 is 5.69 Å². The van der Waals surface area contributed by atoms with Gasteiger partial charge in [0.2, 0.25) is 0 Å². The molecule has 0 radical (unpaired) electrons. The van der Waals surface area contributed by atoms with Crippen molar-refractivity contribution in [1.29, 1.82) is 0 Å². The van der Waals surface area contributed by atoms with Crippen LogP contribution in [0.1, 0.15) is 56.4 Å². The molecule has 1 aromatic heterocycles. The normalized spacial score (nSPS) is 11.3. The van der Waals surface area contributed by atoms with Crippen molar-refractivity contribution < 1.29 is 0 Å². The monoisotopic (exact) mass is 257 g/mol. The van der Waals surface area contributed by atoms with E-state index in [1.165, 1.54) is 16.8 Å². The third-order valence-electron chi connectivity index (χ3n) is 3.39. The fourth-order valence-electron chi connectivity index (χ4n) is 2.15. The van der Waals surface area contributed by atoms with Crippen molar-refractivity contribution in [3.63, 3.8) is 0 Å². The topological polar surface area (TPSA) is 40.7 Å². The molecule has 2 N–H and O–H groups in total. The maximum atomic E-state index is 3.96. The lowest BCUT2D eigenvalue weighted by atomic mass is 9.94. The molecule has 3 heteroatoms. The van der Waals surface area contributed by atoms with Crippen LogP contribution in [-0.2, 0) is 6.54 Å². The highest BCUT2D eigenvalue weighted by molar-refractivity contribution is 5.54. The zero-order valence-corrected chi connectivity index (χ0v) is 12.2. The first-order chi connectivity index (χ1) is 9.08. The largest absolute Gasteiger partial charge is 0.379 e. The van der Waals surface area contributed by atoms with Gasteiger partial charge in [0.05, 0.1) is 12.2 Å². The van der Waals surface area contributed by atoms with Gasteiger partial charge < -0.3 is 5.32 Å². The van der Waals surface area contributed by atoms with Crippen molar-refractivity contribution in [3.05, 3.63) is 47.3 Å². The Labute approximate surface area is 115 Å². The third-order valence-corrected chi connectivity index (χ3v) is 3.39. The van der Waals surface area contributed by atoms with Crippen molar-refractivity contribution in [3.8, 4) is 0 Å². The molecule has 19 heavy (non-hydrogen) atoms. The molecule has 0 aliphatic rings. The Morgan fingerprint density at radius 1 is 1.11 bits per heavy atom. The van der Waals surface area contributed by atoms with Crippen molar-refractivity contribution in [2.24, 2.45) is 0 Å². The van der Waals surface area contributed by atoms with E-state index >= 15 is 0 Å². The van der Waals surface area contributed by atoms with Crippen molar-refractivity contribution in [2.45, 2.75) is 46.1 Å². The van der Waals surface area contributed by atoms with Crippen LogP contribution in [0.2, 0.25) is 0 Å². The van der Waals surface area contributed by atoms with Gasteiger partial charge in [-0.05, 0) is 35.1 Å². The first-order valence-electron chi connectivity index (χ1n) is 6.94. The number of anilines is 1. The molecule has 0 atom stereocenters. The average molecular weight is 257 g/mol. The molecule has 0 amide bonds. The standard InChI is InChI=1S/C16H23N3/c1-11(2)13-5-6-16(15(9-13)12(3)4)17-10-14-7-8-18-19-14/h5-9,11-12,17H,10H2,1-4H3,(H,18,19). The highest BCUT2D eigenvalue weighted by Gasteiger charge is 2.09. The summed E-state index contributed by atoms with van der Waals surface area (Å²) in [5.74, 6) is 1.09. The summed E-state index contributed by atoms with van der Waals surface area (Å²) in [5.41, 5.74) is 5.10. The van der Waals surface area contributed by atoms with E-state index in [0.29, 0.717) is 11.8 Å². The summed E-state index contributed by atoms with van der Waals surface area (Å²) in [4.78, 5) is 0. The molecule has 1 heterocycles. The van der Waals surface area contributed by atoms with E-state index < -0.39 is 0 Å². The van der Waals surface area contributed by atoms with Crippen LogP contribution < -0.4 is 5.32 Å². The van der Waals surface area contributed by atoms with Gasteiger partial charge in [0.15, 0.2) is 0 Å². The summed E-state index contributed by atoms with van der Waals surface area (Å²) in [6.07, 6.45) is 1.78. The summed E-state index contributed by atoms with van der Waals surface area (Å²) >= 11 is 0. The fourth-order valence-corrected chi connectivity index (χ4v) is 2.15. The molecule has 0 bridgehead atoms. The van der Waals surface area contributed by atoms with Gasteiger partial charge in [-0.3, -0.25) is 5.10 Å². The van der Waals surface area contributed by atoms with Gasteiger partial charge in [0.1, 0.15) is 0 Å². The van der Waals surface area contributed by atoms with E-state index in [9.17, 15) is 0 Å². The van der Waals surface area contributed by atoms with Gasteiger partial charge in [-0.15, -0.1) is 0 Å². The number of aromatic amines is 1. The molecular weight excluding hydrogens is 234 g/mol. The quantitative estimate of drug-likeness (QED) is 0.839. The van der Waals surface area contributed by atoms with Crippen LogP contribution in [0.15, 0.2) is 30.5 Å². The summed E-state index contributed by atoms with van der Waals surface area (Å²) in [5, 5.41) is 10.4. The molecule has 0 unspecified atom stereocenters. The van der Waals surface area contributed by atoms with E-state index in [2.05, 4.69) is 61.4 Å². The minimum absolute atomic E-state index is 0.517. The van der Waals surface area contributed by atoms with E-state index in [0.717, 1.165) is 12.2 Å². The lowest BCUT2D eigenvalue weighted by molar-refractivity contribution is 0.832. The van der Waals surface area contributed by atoms with E-state index in [1.54, 1.807) is 6.20 Å². The Kier molecular flexibility index (Phi) is 4.25. The number of rotatable bonds is 5. The van der Waals surface area contributed by atoms with Crippen LogP contribution in [0.4, 0.5) is 5.69 Å². The number of hydrogen-bond acceptors (Lipinski definition) is 2. The summed E-state index contributed by atoms with van der Waals surface area (Å²) in [6, 6.07) is 8.72. The molecule has 0 spiro atoms. The highest BCUT2D eigenvalue weighted by atomic mass is 15.1. The van der Waals surface area contributed by atoms with E-state index in [1.807, 2.05) is 6.07 Å². The maximum absolute atomic E-state index is 3.96. The summed E-state index contributed by atoms with van der Waals surface area (Å²) < 4.78 is 0. The first-order valence-corrected chi connectivity index (χ1v) is 6.94. The molecule has 0 aliphatic heterocycles. The maximum Gasteiger partial charge on any atom is 0.0567 e. The van der Waals surface area contributed by atoms with Gasteiger partial charge in [-0.25, -0.2) is 0 Å². The molecule has 2 aromatic rings. The minimum atomic E-state index is 0.517. The second-order valence-corrected chi connectivity index (χ2v) is 5.59. The van der Waals surface area contributed by atoms with Gasteiger partial charge >= 0.3 is 0 Å². The highest BCUT2D eigenvalue weighted by Crippen LogP contribution is 2.28. The predicted molar refractivity (Wildman–Crippen MR) is 80.5 cm³/mol. The Morgan fingerprint density at radius 3 is 2.47 bits per heavy atom. The number of nitrogens with zero attached hydrogens (tertiary/aromatic N) is 1. The van der Waals surface area contributed by atoms with Gasteiger partial charge in [0, 0.05) is 11.9 Å². The molecule has 0 fully saturated rings. The third kappa shape index (κ3) is 3.37. The zero-order chi connectivity index (χ0) is 13.8. The SMILES string of the molecule is CC(C)c1ccc(NCc2ccn[nH]2)c(C(C)C)c1. The molecule has 3 nitrogen and oxygen atoms in total.